The van der Waals surface area contributed by atoms with E-state index in [-0.39, 0.29) is 11.8 Å². The second-order valence-corrected chi connectivity index (χ2v) is 5.49. The highest BCUT2D eigenvalue weighted by Gasteiger charge is 2.11. The predicted molar refractivity (Wildman–Crippen MR) is 85.6 cm³/mol. The van der Waals surface area contributed by atoms with Crippen molar-refractivity contribution in [1.29, 1.82) is 0 Å². The van der Waals surface area contributed by atoms with E-state index in [1.807, 2.05) is 13.8 Å². The number of aromatic nitrogens is 1. The van der Waals surface area contributed by atoms with E-state index in [1.54, 1.807) is 30.5 Å². The van der Waals surface area contributed by atoms with Crippen molar-refractivity contribution in [3.8, 4) is 0 Å². The number of anilines is 1. The Hall–Kier alpha value is -2.08. The third kappa shape index (κ3) is 3.72. The molecular weight excluding hydrogens is 334 g/mol. The molecule has 1 heterocycles. The van der Waals surface area contributed by atoms with Crippen molar-refractivity contribution in [2.45, 2.75) is 13.8 Å². The van der Waals surface area contributed by atoms with E-state index in [0.29, 0.717) is 23.5 Å². The SMILES string of the molecule is CCNC(=O)c1ccc(NC(=O)c2cc(Br)c[nH]2)c(C)c1. The zero-order chi connectivity index (χ0) is 15.4. The van der Waals surface area contributed by atoms with Crippen LogP contribution in [0.1, 0.15) is 33.3 Å². The number of rotatable bonds is 4. The number of nitrogens with one attached hydrogen (secondary N) is 3. The minimum Gasteiger partial charge on any atom is -0.356 e. The van der Waals surface area contributed by atoms with Gasteiger partial charge in [0.1, 0.15) is 5.69 Å². The van der Waals surface area contributed by atoms with E-state index in [0.717, 1.165) is 10.0 Å². The first-order valence-electron chi connectivity index (χ1n) is 6.55. The van der Waals surface area contributed by atoms with E-state index >= 15 is 0 Å². The Morgan fingerprint density at radius 3 is 2.57 bits per heavy atom. The Balaban J connectivity index is 2.14. The van der Waals surface area contributed by atoms with Gasteiger partial charge in [0, 0.05) is 28.5 Å². The van der Waals surface area contributed by atoms with Gasteiger partial charge in [-0.15, -0.1) is 0 Å². The van der Waals surface area contributed by atoms with Crippen LogP contribution in [-0.2, 0) is 0 Å². The predicted octanol–water partition coefficient (Wildman–Crippen LogP) is 3.09. The monoisotopic (exact) mass is 349 g/mol. The summed E-state index contributed by atoms with van der Waals surface area (Å²) in [5.41, 5.74) is 2.56. The zero-order valence-electron chi connectivity index (χ0n) is 11.8. The summed E-state index contributed by atoms with van der Waals surface area (Å²) in [5.74, 6) is -0.346. The van der Waals surface area contributed by atoms with Gasteiger partial charge in [0.05, 0.1) is 0 Å². The van der Waals surface area contributed by atoms with Crippen LogP contribution in [0.25, 0.3) is 0 Å². The normalized spacial score (nSPS) is 10.2. The highest BCUT2D eigenvalue weighted by atomic mass is 79.9. The molecule has 0 aliphatic carbocycles. The Bertz CT molecular complexity index is 679. The van der Waals surface area contributed by atoms with Crippen molar-refractivity contribution in [2.24, 2.45) is 0 Å². The molecular formula is C15H16BrN3O2. The lowest BCUT2D eigenvalue weighted by atomic mass is 10.1. The molecule has 0 saturated heterocycles. The molecule has 21 heavy (non-hydrogen) atoms. The van der Waals surface area contributed by atoms with Crippen LogP contribution >= 0.6 is 15.9 Å². The second-order valence-electron chi connectivity index (χ2n) is 4.57. The maximum atomic E-state index is 12.1. The van der Waals surface area contributed by atoms with Gasteiger partial charge in [-0.2, -0.15) is 0 Å². The Morgan fingerprint density at radius 1 is 1.24 bits per heavy atom. The molecule has 0 radical (unpaired) electrons. The first-order chi connectivity index (χ1) is 10.0. The summed E-state index contributed by atoms with van der Waals surface area (Å²) in [6.45, 7) is 4.30. The van der Waals surface area contributed by atoms with Crippen LogP contribution < -0.4 is 10.6 Å². The number of halogens is 1. The van der Waals surface area contributed by atoms with E-state index in [1.165, 1.54) is 0 Å². The van der Waals surface area contributed by atoms with Gasteiger partial charge in [-0.3, -0.25) is 9.59 Å². The molecule has 1 aromatic heterocycles. The Labute approximate surface area is 131 Å². The van der Waals surface area contributed by atoms with Gasteiger partial charge in [0.2, 0.25) is 0 Å². The molecule has 1 aromatic carbocycles. The maximum Gasteiger partial charge on any atom is 0.272 e. The molecule has 0 fully saturated rings. The number of hydrogen-bond acceptors (Lipinski definition) is 2. The van der Waals surface area contributed by atoms with E-state index in [9.17, 15) is 9.59 Å². The number of benzene rings is 1. The summed E-state index contributed by atoms with van der Waals surface area (Å²) in [4.78, 5) is 26.7. The van der Waals surface area contributed by atoms with Crippen LogP contribution in [0.3, 0.4) is 0 Å². The van der Waals surface area contributed by atoms with Crippen molar-refractivity contribution in [3.05, 3.63) is 51.8 Å². The smallest absolute Gasteiger partial charge is 0.272 e. The van der Waals surface area contributed by atoms with Gasteiger partial charge in [-0.05, 0) is 59.6 Å². The second kappa shape index (κ2) is 6.58. The van der Waals surface area contributed by atoms with E-state index in [2.05, 4.69) is 31.5 Å². The fourth-order valence-electron chi connectivity index (χ4n) is 1.90. The lowest BCUT2D eigenvalue weighted by Crippen LogP contribution is -2.22. The molecule has 0 unspecified atom stereocenters. The first kappa shape index (κ1) is 15.3. The summed E-state index contributed by atoms with van der Waals surface area (Å²) in [6.07, 6.45) is 1.69. The van der Waals surface area contributed by atoms with Gasteiger partial charge < -0.3 is 15.6 Å². The highest BCUT2D eigenvalue weighted by Crippen LogP contribution is 2.18. The number of hydrogen-bond donors (Lipinski definition) is 3. The number of amides is 2. The number of carbonyl (C=O) groups excluding carboxylic acids is 2. The molecule has 5 nitrogen and oxygen atoms in total. The van der Waals surface area contributed by atoms with Gasteiger partial charge in [0.15, 0.2) is 0 Å². The maximum absolute atomic E-state index is 12.1. The number of aromatic amines is 1. The van der Waals surface area contributed by atoms with Gasteiger partial charge >= 0.3 is 0 Å². The molecule has 2 aromatic rings. The molecule has 3 N–H and O–H groups in total. The summed E-state index contributed by atoms with van der Waals surface area (Å²) in [6, 6.07) is 6.88. The van der Waals surface area contributed by atoms with Gasteiger partial charge in [-0.25, -0.2) is 0 Å². The van der Waals surface area contributed by atoms with Crippen molar-refractivity contribution in [3.63, 3.8) is 0 Å². The van der Waals surface area contributed by atoms with Crippen molar-refractivity contribution < 1.29 is 9.59 Å². The van der Waals surface area contributed by atoms with Crippen molar-refractivity contribution in [1.82, 2.24) is 10.3 Å². The van der Waals surface area contributed by atoms with Crippen LogP contribution in [0.5, 0.6) is 0 Å². The Kier molecular flexibility index (Phi) is 4.80. The van der Waals surface area contributed by atoms with Crippen LogP contribution in [0.15, 0.2) is 34.9 Å². The minimum atomic E-state index is -0.227. The van der Waals surface area contributed by atoms with E-state index < -0.39 is 0 Å². The van der Waals surface area contributed by atoms with Crippen LogP contribution in [-0.4, -0.2) is 23.3 Å². The molecule has 0 saturated carbocycles. The quantitative estimate of drug-likeness (QED) is 0.793. The fourth-order valence-corrected chi connectivity index (χ4v) is 2.24. The first-order valence-corrected chi connectivity index (χ1v) is 7.34. The molecule has 0 aliphatic rings. The topological polar surface area (TPSA) is 74.0 Å². The molecule has 0 bridgehead atoms. The van der Waals surface area contributed by atoms with Crippen LogP contribution in [0.2, 0.25) is 0 Å². The summed E-state index contributed by atoms with van der Waals surface area (Å²) >= 11 is 3.28. The lowest BCUT2D eigenvalue weighted by Gasteiger charge is -2.09. The highest BCUT2D eigenvalue weighted by molar-refractivity contribution is 9.10. The molecule has 2 rings (SSSR count). The lowest BCUT2D eigenvalue weighted by molar-refractivity contribution is 0.0955. The zero-order valence-corrected chi connectivity index (χ0v) is 13.4. The number of H-pyrrole nitrogens is 1. The fraction of sp³-hybridized carbons (Fsp3) is 0.200. The summed E-state index contributed by atoms with van der Waals surface area (Å²) < 4.78 is 0.816. The average Bonchev–Trinajstić information content (AvgIpc) is 2.88. The summed E-state index contributed by atoms with van der Waals surface area (Å²) in [5, 5.41) is 5.56. The van der Waals surface area contributed by atoms with Crippen molar-refractivity contribution in [2.75, 3.05) is 11.9 Å². The van der Waals surface area contributed by atoms with Crippen molar-refractivity contribution >= 4 is 33.4 Å². The van der Waals surface area contributed by atoms with Crippen LogP contribution in [0, 0.1) is 6.92 Å². The third-order valence-corrected chi connectivity index (χ3v) is 3.42. The number of aryl methyl sites for hydroxylation is 1. The standard InChI is InChI=1S/C15H16BrN3O2/c1-3-17-14(20)10-4-5-12(9(2)6-10)19-15(21)13-7-11(16)8-18-13/h4-8,18H,3H2,1-2H3,(H,17,20)(H,19,21). The molecule has 2 amide bonds. The summed E-state index contributed by atoms with van der Waals surface area (Å²) in [7, 11) is 0. The molecule has 0 spiro atoms. The van der Waals surface area contributed by atoms with Crippen LogP contribution in [0.4, 0.5) is 5.69 Å². The Morgan fingerprint density at radius 2 is 2.00 bits per heavy atom. The molecule has 0 aliphatic heterocycles. The van der Waals surface area contributed by atoms with Gasteiger partial charge in [-0.1, -0.05) is 0 Å². The average molecular weight is 350 g/mol. The molecule has 6 heteroatoms. The minimum absolute atomic E-state index is 0.119. The van der Waals surface area contributed by atoms with E-state index in [4.69, 9.17) is 0 Å². The largest absolute Gasteiger partial charge is 0.356 e. The molecule has 0 atom stereocenters. The number of carbonyl (C=O) groups is 2. The molecule has 110 valence electrons. The van der Waals surface area contributed by atoms with Gasteiger partial charge in [0.25, 0.3) is 11.8 Å². The third-order valence-electron chi connectivity index (χ3n) is 2.97.